The highest BCUT2D eigenvalue weighted by Gasteiger charge is 2.44. The van der Waals surface area contributed by atoms with E-state index in [0.29, 0.717) is 12.5 Å². The highest BCUT2D eigenvalue weighted by molar-refractivity contribution is 4.92. The molecule has 2 heterocycles. The Kier molecular flexibility index (Phi) is 3.50. The van der Waals surface area contributed by atoms with Crippen molar-refractivity contribution in [3.8, 4) is 0 Å². The molecule has 12 heavy (non-hydrogen) atoms. The van der Waals surface area contributed by atoms with Crippen molar-refractivity contribution in [1.29, 1.82) is 0 Å². The first-order chi connectivity index (χ1) is 5.79. The van der Waals surface area contributed by atoms with Crippen LogP contribution in [0.2, 0.25) is 0 Å². The van der Waals surface area contributed by atoms with Gasteiger partial charge in [-0.15, -0.1) is 0 Å². The second kappa shape index (κ2) is 4.21. The van der Waals surface area contributed by atoms with Gasteiger partial charge in [-0.2, -0.15) is 0 Å². The van der Waals surface area contributed by atoms with Crippen LogP contribution in [0.15, 0.2) is 0 Å². The van der Waals surface area contributed by atoms with Gasteiger partial charge < -0.3 is 14.6 Å². The quantitative estimate of drug-likeness (QED) is 0.590. The van der Waals surface area contributed by atoms with Gasteiger partial charge in [0.1, 0.15) is 12.2 Å². The van der Waals surface area contributed by atoms with E-state index in [1.807, 2.05) is 13.8 Å². The molecule has 0 aromatic rings. The molecule has 2 aliphatic rings. The molecule has 1 unspecified atom stereocenters. The van der Waals surface area contributed by atoms with Crippen molar-refractivity contribution >= 4 is 0 Å². The smallest absolute Gasteiger partial charge is 0.112 e. The lowest BCUT2D eigenvalue weighted by Gasteiger charge is -2.10. The van der Waals surface area contributed by atoms with E-state index >= 15 is 0 Å². The van der Waals surface area contributed by atoms with Crippen molar-refractivity contribution in [2.45, 2.75) is 39.1 Å². The molecule has 3 nitrogen and oxygen atoms in total. The third kappa shape index (κ3) is 1.63. The van der Waals surface area contributed by atoms with Crippen LogP contribution < -0.4 is 0 Å². The van der Waals surface area contributed by atoms with Crippen LogP contribution in [0.5, 0.6) is 0 Å². The van der Waals surface area contributed by atoms with Crippen LogP contribution in [0, 0.1) is 5.92 Å². The third-order valence-electron chi connectivity index (χ3n) is 2.27. The van der Waals surface area contributed by atoms with Gasteiger partial charge in [-0.25, -0.2) is 0 Å². The van der Waals surface area contributed by atoms with Gasteiger partial charge in [-0.05, 0) is 0 Å². The Morgan fingerprint density at radius 3 is 2.25 bits per heavy atom. The molecule has 0 aromatic carbocycles. The first-order valence-corrected chi connectivity index (χ1v) is 4.70. The lowest BCUT2D eigenvalue weighted by atomic mass is 10.0. The summed E-state index contributed by atoms with van der Waals surface area (Å²) in [6.45, 7) is 7.26. The Balaban J connectivity index is 0.000000336. The van der Waals surface area contributed by atoms with Gasteiger partial charge >= 0.3 is 0 Å². The Hall–Kier alpha value is -0.120. The first-order valence-electron chi connectivity index (χ1n) is 4.70. The zero-order valence-electron chi connectivity index (χ0n) is 7.99. The van der Waals surface area contributed by atoms with E-state index in [1.54, 1.807) is 0 Å². The number of ether oxygens (including phenoxy) is 2. The molecule has 0 bridgehead atoms. The summed E-state index contributed by atoms with van der Waals surface area (Å²) in [5, 5.41) is 9.27. The van der Waals surface area contributed by atoms with E-state index in [-0.39, 0.29) is 12.2 Å². The van der Waals surface area contributed by atoms with Gasteiger partial charge in [-0.3, -0.25) is 0 Å². The maximum Gasteiger partial charge on any atom is 0.112 e. The van der Waals surface area contributed by atoms with Gasteiger partial charge in [-0.1, -0.05) is 20.8 Å². The third-order valence-corrected chi connectivity index (χ3v) is 2.27. The highest BCUT2D eigenvalue weighted by atomic mass is 16.6. The van der Waals surface area contributed by atoms with Gasteiger partial charge in [0.15, 0.2) is 0 Å². The Morgan fingerprint density at radius 1 is 1.08 bits per heavy atom. The Morgan fingerprint density at radius 2 is 1.67 bits per heavy atom. The molecular weight excluding hydrogens is 156 g/mol. The predicted molar refractivity (Wildman–Crippen MR) is 46.0 cm³/mol. The lowest BCUT2D eigenvalue weighted by Crippen LogP contribution is -2.28. The molecule has 2 fully saturated rings. The van der Waals surface area contributed by atoms with Crippen LogP contribution in [0.1, 0.15) is 20.8 Å². The van der Waals surface area contributed by atoms with Gasteiger partial charge in [0, 0.05) is 5.92 Å². The minimum absolute atomic E-state index is 0.0463. The molecule has 0 saturated carbocycles. The number of aliphatic hydroxyl groups is 1. The largest absolute Gasteiger partial charge is 0.388 e. The van der Waals surface area contributed by atoms with Crippen molar-refractivity contribution in [2.24, 2.45) is 5.92 Å². The zero-order chi connectivity index (χ0) is 9.14. The van der Waals surface area contributed by atoms with Crippen molar-refractivity contribution in [1.82, 2.24) is 0 Å². The lowest BCUT2D eigenvalue weighted by molar-refractivity contribution is 0.0173. The average Bonchev–Trinajstić information content (AvgIpc) is 2.62. The van der Waals surface area contributed by atoms with Crippen molar-refractivity contribution in [3.63, 3.8) is 0 Å². The molecule has 0 radical (unpaired) electrons. The summed E-state index contributed by atoms with van der Waals surface area (Å²) < 4.78 is 10.7. The normalized spacial score (nSPS) is 45.0. The fourth-order valence-electron chi connectivity index (χ4n) is 1.67. The van der Waals surface area contributed by atoms with E-state index in [9.17, 15) is 5.11 Å². The van der Waals surface area contributed by atoms with Crippen LogP contribution in [-0.4, -0.2) is 36.6 Å². The minimum Gasteiger partial charge on any atom is -0.388 e. The maximum atomic E-state index is 9.27. The number of aliphatic hydroxyl groups excluding tert-OH is 1. The molecule has 0 aliphatic carbocycles. The van der Waals surface area contributed by atoms with E-state index in [1.165, 1.54) is 0 Å². The molecule has 2 rings (SSSR count). The summed E-state index contributed by atoms with van der Waals surface area (Å²) in [5.74, 6) is 0.446. The molecule has 72 valence electrons. The molecule has 0 spiro atoms. The van der Waals surface area contributed by atoms with Crippen molar-refractivity contribution in [3.05, 3.63) is 0 Å². The van der Waals surface area contributed by atoms with Gasteiger partial charge in [0.2, 0.25) is 0 Å². The zero-order valence-corrected chi connectivity index (χ0v) is 7.99. The second-order valence-corrected chi connectivity index (χ2v) is 3.14. The molecular formula is C9H18O3. The number of hydrogen-bond donors (Lipinski definition) is 1. The average molecular weight is 174 g/mol. The first kappa shape index (κ1) is 9.96. The van der Waals surface area contributed by atoms with E-state index < -0.39 is 6.10 Å². The fraction of sp³-hybridized carbons (Fsp3) is 1.00. The van der Waals surface area contributed by atoms with Crippen LogP contribution in [0.3, 0.4) is 0 Å². The van der Waals surface area contributed by atoms with Crippen molar-refractivity contribution < 1.29 is 14.6 Å². The predicted octanol–water partition coefficient (Wildman–Crippen LogP) is 0.807. The Labute approximate surface area is 73.7 Å². The minimum atomic E-state index is -0.394. The topological polar surface area (TPSA) is 38.7 Å². The fourth-order valence-corrected chi connectivity index (χ4v) is 1.67. The Bertz CT molecular complexity index is 122. The second-order valence-electron chi connectivity index (χ2n) is 3.14. The molecule has 1 N–H and O–H groups in total. The van der Waals surface area contributed by atoms with E-state index in [2.05, 4.69) is 6.92 Å². The summed E-state index contributed by atoms with van der Waals surface area (Å²) in [4.78, 5) is 0. The number of rotatable bonds is 0. The van der Waals surface area contributed by atoms with E-state index in [0.717, 1.165) is 6.61 Å². The van der Waals surface area contributed by atoms with Crippen molar-refractivity contribution in [2.75, 3.05) is 13.2 Å². The van der Waals surface area contributed by atoms with Crippen LogP contribution in [-0.2, 0) is 9.47 Å². The van der Waals surface area contributed by atoms with E-state index in [4.69, 9.17) is 9.47 Å². The highest BCUT2D eigenvalue weighted by Crippen LogP contribution is 2.30. The summed E-state index contributed by atoms with van der Waals surface area (Å²) in [5.41, 5.74) is 0. The SMILES string of the molecule is CC.CC1CO[C@@H]2[C@H](O)CO[C@H]12. The summed E-state index contributed by atoms with van der Waals surface area (Å²) in [6, 6.07) is 0. The standard InChI is InChI=1S/C7H12O3.C2H6/c1-4-2-9-7-5(8)3-10-6(4)7;1-2/h4-8H,2-3H2,1H3;1-2H3/t4?,5-,6-,7-;/m1./s1. The van der Waals surface area contributed by atoms with Crippen LogP contribution >= 0.6 is 0 Å². The number of fused-ring (bicyclic) bond motifs is 1. The monoisotopic (exact) mass is 174 g/mol. The molecule has 2 saturated heterocycles. The molecule has 3 heteroatoms. The molecule has 2 aliphatic heterocycles. The van der Waals surface area contributed by atoms with Gasteiger partial charge in [0.05, 0.1) is 19.3 Å². The maximum absolute atomic E-state index is 9.27. The van der Waals surface area contributed by atoms with Crippen LogP contribution in [0.25, 0.3) is 0 Å². The molecule has 0 amide bonds. The summed E-state index contributed by atoms with van der Waals surface area (Å²) >= 11 is 0. The molecule has 4 atom stereocenters. The molecule has 0 aromatic heterocycles. The summed E-state index contributed by atoms with van der Waals surface area (Å²) in [6.07, 6.45) is -0.292. The number of hydrogen-bond acceptors (Lipinski definition) is 3. The van der Waals surface area contributed by atoms with Crippen LogP contribution in [0.4, 0.5) is 0 Å². The summed E-state index contributed by atoms with van der Waals surface area (Å²) in [7, 11) is 0. The van der Waals surface area contributed by atoms with Gasteiger partial charge in [0.25, 0.3) is 0 Å².